The number of nitro benzene ring substituents is 2. The van der Waals surface area contributed by atoms with E-state index < -0.39 is 15.8 Å². The predicted molar refractivity (Wildman–Crippen MR) is 88.0 cm³/mol. The second-order valence-electron chi connectivity index (χ2n) is 5.32. The highest BCUT2D eigenvalue weighted by molar-refractivity contribution is 5.96. The number of nitrogens with one attached hydrogen (secondary N) is 1. The molecule has 0 heterocycles. The van der Waals surface area contributed by atoms with Gasteiger partial charge in [-0.1, -0.05) is 18.2 Å². The maximum atomic E-state index is 12.4. The molecule has 0 saturated heterocycles. The molecule has 1 atom stereocenters. The Balaban J connectivity index is 2.18. The number of carbonyl (C=O) groups excluding carboxylic acids is 1. The smallest absolute Gasteiger partial charge is 0.271 e. The largest absolute Gasteiger partial charge is 0.325 e. The van der Waals surface area contributed by atoms with Gasteiger partial charge in [0.05, 0.1) is 21.5 Å². The van der Waals surface area contributed by atoms with Crippen LogP contribution in [0.15, 0.2) is 42.5 Å². The Morgan fingerprint density at radius 2 is 1.54 bits per heavy atom. The Morgan fingerprint density at radius 3 is 2.08 bits per heavy atom. The minimum absolute atomic E-state index is 0.0547. The van der Waals surface area contributed by atoms with Gasteiger partial charge in [0.25, 0.3) is 11.4 Å². The lowest BCUT2D eigenvalue weighted by Crippen LogP contribution is -2.19. The van der Waals surface area contributed by atoms with E-state index in [9.17, 15) is 25.0 Å². The molecule has 1 amide bonds. The van der Waals surface area contributed by atoms with Crippen LogP contribution in [-0.4, -0.2) is 15.8 Å². The normalized spacial score (nSPS) is 11.6. The van der Waals surface area contributed by atoms with Crippen molar-refractivity contribution >= 4 is 23.0 Å². The number of rotatable bonds is 5. The average molecular weight is 329 g/mol. The number of amides is 1. The third-order valence-corrected chi connectivity index (χ3v) is 3.69. The number of hydrogen-bond acceptors (Lipinski definition) is 5. The van der Waals surface area contributed by atoms with Crippen LogP contribution in [0.5, 0.6) is 0 Å². The van der Waals surface area contributed by atoms with E-state index in [2.05, 4.69) is 5.32 Å². The zero-order chi connectivity index (χ0) is 17.9. The standard InChI is InChI=1S/C16H15N3O5/c1-10-3-6-14(19(23)24)9-15(10)17-16(20)11(2)12-4-7-13(8-5-12)18(21)22/h3-9,11H,1-2H3,(H,17,20). The summed E-state index contributed by atoms with van der Waals surface area (Å²) in [7, 11) is 0. The summed E-state index contributed by atoms with van der Waals surface area (Å²) in [6.45, 7) is 3.39. The van der Waals surface area contributed by atoms with E-state index in [0.29, 0.717) is 16.8 Å². The van der Waals surface area contributed by atoms with Crippen LogP contribution in [0.2, 0.25) is 0 Å². The maximum absolute atomic E-state index is 12.4. The fourth-order valence-corrected chi connectivity index (χ4v) is 2.14. The molecule has 124 valence electrons. The highest BCUT2D eigenvalue weighted by atomic mass is 16.6. The molecule has 0 aromatic heterocycles. The number of aryl methyl sites for hydroxylation is 1. The van der Waals surface area contributed by atoms with Crippen LogP contribution >= 0.6 is 0 Å². The lowest BCUT2D eigenvalue weighted by atomic mass is 9.99. The minimum Gasteiger partial charge on any atom is -0.325 e. The molecule has 8 heteroatoms. The summed E-state index contributed by atoms with van der Waals surface area (Å²) in [4.78, 5) is 32.8. The van der Waals surface area contributed by atoms with E-state index in [1.807, 2.05) is 0 Å². The van der Waals surface area contributed by atoms with Crippen molar-refractivity contribution in [1.29, 1.82) is 0 Å². The van der Waals surface area contributed by atoms with Crippen LogP contribution in [0.25, 0.3) is 0 Å². The van der Waals surface area contributed by atoms with Gasteiger partial charge in [0, 0.05) is 24.3 Å². The summed E-state index contributed by atoms with van der Waals surface area (Å²) in [5, 5.41) is 24.1. The number of hydrogen-bond donors (Lipinski definition) is 1. The monoisotopic (exact) mass is 329 g/mol. The van der Waals surface area contributed by atoms with Gasteiger partial charge in [0.1, 0.15) is 0 Å². The first kappa shape index (κ1) is 17.1. The molecule has 0 saturated carbocycles. The van der Waals surface area contributed by atoms with Gasteiger partial charge in [-0.3, -0.25) is 25.0 Å². The molecule has 24 heavy (non-hydrogen) atoms. The van der Waals surface area contributed by atoms with Crippen LogP contribution < -0.4 is 5.32 Å². The minimum atomic E-state index is -0.565. The number of carbonyl (C=O) groups is 1. The van der Waals surface area contributed by atoms with E-state index in [4.69, 9.17) is 0 Å². The van der Waals surface area contributed by atoms with Gasteiger partial charge in [0.2, 0.25) is 5.91 Å². The van der Waals surface area contributed by atoms with Crippen LogP contribution in [0.4, 0.5) is 17.1 Å². The van der Waals surface area contributed by atoms with E-state index in [0.717, 1.165) is 0 Å². The summed E-state index contributed by atoms with van der Waals surface area (Å²) in [6, 6.07) is 9.92. The quantitative estimate of drug-likeness (QED) is 0.665. The summed E-state index contributed by atoms with van der Waals surface area (Å²) in [6.07, 6.45) is 0. The number of non-ortho nitro benzene ring substituents is 2. The van der Waals surface area contributed by atoms with Crippen molar-refractivity contribution in [3.8, 4) is 0 Å². The highest BCUT2D eigenvalue weighted by Crippen LogP contribution is 2.25. The topological polar surface area (TPSA) is 115 Å². The summed E-state index contributed by atoms with van der Waals surface area (Å²) >= 11 is 0. The molecule has 0 aliphatic rings. The molecule has 0 spiro atoms. The molecule has 0 aliphatic carbocycles. The third kappa shape index (κ3) is 3.72. The van der Waals surface area contributed by atoms with Crippen molar-refractivity contribution < 1.29 is 14.6 Å². The molecule has 8 nitrogen and oxygen atoms in total. The van der Waals surface area contributed by atoms with Gasteiger partial charge in [-0.2, -0.15) is 0 Å². The highest BCUT2D eigenvalue weighted by Gasteiger charge is 2.18. The van der Waals surface area contributed by atoms with E-state index in [1.165, 1.54) is 36.4 Å². The zero-order valence-electron chi connectivity index (χ0n) is 13.1. The first-order valence-corrected chi connectivity index (χ1v) is 7.10. The van der Waals surface area contributed by atoms with Crippen molar-refractivity contribution in [2.45, 2.75) is 19.8 Å². The third-order valence-electron chi connectivity index (χ3n) is 3.69. The van der Waals surface area contributed by atoms with Gasteiger partial charge in [-0.25, -0.2) is 0 Å². The summed E-state index contributed by atoms with van der Waals surface area (Å²) in [5.41, 5.74) is 1.51. The van der Waals surface area contributed by atoms with Crippen LogP contribution in [0.3, 0.4) is 0 Å². The van der Waals surface area contributed by atoms with Gasteiger partial charge in [-0.15, -0.1) is 0 Å². The lowest BCUT2D eigenvalue weighted by molar-refractivity contribution is -0.385. The van der Waals surface area contributed by atoms with E-state index >= 15 is 0 Å². The molecule has 2 aromatic carbocycles. The lowest BCUT2D eigenvalue weighted by Gasteiger charge is -2.14. The van der Waals surface area contributed by atoms with Gasteiger partial charge >= 0.3 is 0 Å². The van der Waals surface area contributed by atoms with Gasteiger partial charge in [0.15, 0.2) is 0 Å². The zero-order valence-corrected chi connectivity index (χ0v) is 13.1. The molecular weight excluding hydrogens is 314 g/mol. The molecule has 2 rings (SSSR count). The second-order valence-corrected chi connectivity index (χ2v) is 5.32. The molecule has 2 aromatic rings. The number of nitrogens with zero attached hydrogens (tertiary/aromatic N) is 2. The molecule has 1 N–H and O–H groups in total. The Labute approximate surface area is 137 Å². The molecule has 1 unspecified atom stereocenters. The number of anilines is 1. The van der Waals surface area contributed by atoms with E-state index in [1.54, 1.807) is 19.9 Å². The summed E-state index contributed by atoms with van der Waals surface area (Å²) < 4.78 is 0. The van der Waals surface area contributed by atoms with Crippen LogP contribution in [0.1, 0.15) is 24.0 Å². The number of benzene rings is 2. The molecule has 0 radical (unpaired) electrons. The fraction of sp³-hybridized carbons (Fsp3) is 0.188. The Hall–Kier alpha value is -3.29. The molecule has 0 fully saturated rings. The fourth-order valence-electron chi connectivity index (χ4n) is 2.14. The maximum Gasteiger partial charge on any atom is 0.271 e. The first-order chi connectivity index (χ1) is 11.3. The SMILES string of the molecule is Cc1ccc([N+](=O)[O-])cc1NC(=O)C(C)c1ccc([N+](=O)[O-])cc1. The van der Waals surface area contributed by atoms with Crippen LogP contribution in [-0.2, 0) is 4.79 Å². The van der Waals surface area contributed by atoms with Crippen LogP contribution in [0, 0.1) is 27.2 Å². The Bertz CT molecular complexity index is 802. The van der Waals surface area contributed by atoms with Gasteiger partial charge < -0.3 is 5.32 Å². The Kier molecular flexibility index (Phi) is 4.88. The second kappa shape index (κ2) is 6.86. The van der Waals surface area contributed by atoms with Crippen molar-refractivity contribution in [1.82, 2.24) is 0 Å². The molecule has 0 bridgehead atoms. The van der Waals surface area contributed by atoms with Gasteiger partial charge in [-0.05, 0) is 25.0 Å². The van der Waals surface area contributed by atoms with E-state index in [-0.39, 0.29) is 17.3 Å². The van der Waals surface area contributed by atoms with Crippen molar-refractivity contribution in [2.75, 3.05) is 5.32 Å². The predicted octanol–water partition coefficient (Wildman–Crippen LogP) is 3.55. The molecular formula is C16H15N3O5. The van der Waals surface area contributed by atoms with Crippen molar-refractivity contribution in [3.05, 3.63) is 73.8 Å². The first-order valence-electron chi connectivity index (χ1n) is 7.10. The number of nitro groups is 2. The average Bonchev–Trinajstić information content (AvgIpc) is 2.55. The van der Waals surface area contributed by atoms with Crippen molar-refractivity contribution in [2.24, 2.45) is 0 Å². The van der Waals surface area contributed by atoms with Crippen molar-refractivity contribution in [3.63, 3.8) is 0 Å². The summed E-state index contributed by atoms with van der Waals surface area (Å²) in [5.74, 6) is -0.920. The molecule has 0 aliphatic heterocycles. The Morgan fingerprint density at radius 1 is 1.00 bits per heavy atom.